The molecule has 5 heterocycles. The molecule has 0 spiro atoms. The maximum Gasteiger partial charge on any atom is 0.0641 e. The van der Waals surface area contributed by atoms with E-state index in [0.717, 1.165) is 28.5 Å². The fourth-order valence-corrected chi connectivity index (χ4v) is 9.80. The number of benzene rings is 5. The van der Waals surface area contributed by atoms with Gasteiger partial charge in [0, 0.05) is 65.4 Å². The number of fused-ring (bicyclic) bond motifs is 10. The third-order valence-corrected chi connectivity index (χ3v) is 12.5. The van der Waals surface area contributed by atoms with Crippen LogP contribution < -0.4 is 0 Å². The number of rotatable bonds is 5. The van der Waals surface area contributed by atoms with Crippen molar-refractivity contribution in [2.45, 2.75) is 29.6 Å². The minimum Gasteiger partial charge on any atom is -0.364 e. The largest absolute Gasteiger partial charge is 0.364 e. The molecule has 0 radical (unpaired) electrons. The first-order valence-corrected chi connectivity index (χ1v) is 20.9. The average molecular weight is 776 g/mol. The van der Waals surface area contributed by atoms with Crippen LogP contribution in [-0.4, -0.2) is 24.9 Å². The van der Waals surface area contributed by atoms with E-state index < -0.39 is 0 Å². The second kappa shape index (κ2) is 15.3. The van der Waals surface area contributed by atoms with Crippen molar-refractivity contribution in [2.24, 2.45) is 0 Å². The summed E-state index contributed by atoms with van der Waals surface area (Å²) in [5.41, 5.74) is 18.0. The van der Waals surface area contributed by atoms with Gasteiger partial charge in [0.2, 0.25) is 0 Å². The Balaban J connectivity index is 1.15. The number of aromatic amines is 5. The van der Waals surface area contributed by atoms with Crippen LogP contribution in [0.25, 0.3) is 0 Å². The molecule has 5 aromatic carbocycles. The second-order valence-corrected chi connectivity index (χ2v) is 16.2. The van der Waals surface area contributed by atoms with Gasteiger partial charge in [0.15, 0.2) is 0 Å². The second-order valence-electron chi connectivity index (χ2n) is 16.2. The van der Waals surface area contributed by atoms with Crippen LogP contribution in [0.3, 0.4) is 0 Å². The Hall–Kier alpha value is -7.50. The van der Waals surface area contributed by atoms with Crippen LogP contribution in [0.4, 0.5) is 0 Å². The van der Waals surface area contributed by atoms with E-state index in [1.165, 1.54) is 55.6 Å². The molecule has 5 atom stereocenters. The molecule has 0 amide bonds. The van der Waals surface area contributed by atoms with Crippen LogP contribution in [-0.2, 0) is 0 Å². The van der Waals surface area contributed by atoms with Gasteiger partial charge >= 0.3 is 0 Å². The summed E-state index contributed by atoms with van der Waals surface area (Å²) in [6.07, 6.45) is 11.1. The molecule has 0 saturated carbocycles. The fourth-order valence-electron chi connectivity index (χ4n) is 9.80. The van der Waals surface area contributed by atoms with Crippen LogP contribution >= 0.6 is 0 Å². The molecule has 290 valence electrons. The van der Waals surface area contributed by atoms with Crippen LogP contribution in [0, 0.1) is 0 Å². The maximum absolute atomic E-state index is 3.80. The third-order valence-electron chi connectivity index (χ3n) is 12.5. The zero-order valence-electron chi connectivity index (χ0n) is 33.1. The van der Waals surface area contributed by atoms with Crippen LogP contribution in [0.2, 0.25) is 0 Å². The molecule has 5 nitrogen and oxygen atoms in total. The minimum atomic E-state index is -0.0429. The lowest BCUT2D eigenvalue weighted by Gasteiger charge is -2.18. The number of H-pyrrole nitrogens is 5. The zero-order valence-corrected chi connectivity index (χ0v) is 33.1. The Morgan fingerprint density at radius 3 is 0.667 bits per heavy atom. The van der Waals surface area contributed by atoms with Gasteiger partial charge < -0.3 is 24.9 Å². The summed E-state index contributed by atoms with van der Waals surface area (Å²) in [6, 6.07) is 66.3. The molecular formula is C55H45N5. The standard InChI is InChI=1S/C55H45N5/c1-6-16-36(17-7-1)51-41-26-46(56-31-41)52(37-18-8-2-9-19-37)43-28-47(57-33-43)53(38-20-10-3-11-21-38)44-29-48(58-34-44)54(39-22-12-4-13-23-39)45-30-50(60-35-45)55(40-24-14-5-15-25-40)49-27-42(51)32-59-49/h1-35,51-60H. The Bertz CT molecular complexity index is 2380. The summed E-state index contributed by atoms with van der Waals surface area (Å²) in [5.74, 6) is -0.0932. The lowest BCUT2D eigenvalue weighted by Crippen LogP contribution is -2.06. The summed E-state index contributed by atoms with van der Waals surface area (Å²) in [6.45, 7) is 0. The molecule has 0 aliphatic heterocycles. The minimum absolute atomic E-state index is 0.00567. The molecule has 1 aliphatic carbocycles. The number of nitrogens with one attached hydrogen (secondary N) is 5. The lowest BCUT2D eigenvalue weighted by molar-refractivity contribution is 0.896. The van der Waals surface area contributed by atoms with Crippen molar-refractivity contribution in [2.75, 3.05) is 0 Å². The highest BCUT2D eigenvalue weighted by Gasteiger charge is 2.30. The average Bonchev–Trinajstić information content (AvgIpc) is 4.18. The molecule has 0 fully saturated rings. The van der Waals surface area contributed by atoms with Crippen molar-refractivity contribution in [3.63, 3.8) is 0 Å². The number of hydrogen-bond acceptors (Lipinski definition) is 0. The Morgan fingerprint density at radius 1 is 0.200 bits per heavy atom. The summed E-state index contributed by atoms with van der Waals surface area (Å²) in [7, 11) is 0. The molecule has 0 saturated heterocycles. The summed E-state index contributed by atoms with van der Waals surface area (Å²) in [4.78, 5) is 19.0. The smallest absolute Gasteiger partial charge is 0.0641 e. The topological polar surface area (TPSA) is 78.9 Å². The van der Waals surface area contributed by atoms with Gasteiger partial charge in [-0.2, -0.15) is 0 Å². The van der Waals surface area contributed by atoms with Crippen molar-refractivity contribution in [3.05, 3.63) is 297 Å². The van der Waals surface area contributed by atoms with Gasteiger partial charge in [0.25, 0.3) is 0 Å². The quantitative estimate of drug-likeness (QED) is 0.115. The summed E-state index contributed by atoms with van der Waals surface area (Å²) >= 11 is 0. The molecule has 1 aliphatic rings. The van der Waals surface area contributed by atoms with E-state index in [9.17, 15) is 0 Å². The van der Waals surface area contributed by atoms with Gasteiger partial charge in [-0.05, 0) is 86.0 Å². The molecule has 60 heavy (non-hydrogen) atoms. The van der Waals surface area contributed by atoms with Gasteiger partial charge in [-0.25, -0.2) is 0 Å². The van der Waals surface area contributed by atoms with Crippen LogP contribution in [0.5, 0.6) is 0 Å². The van der Waals surface area contributed by atoms with E-state index in [-0.39, 0.29) is 29.6 Å². The number of aromatic nitrogens is 5. The molecule has 11 rings (SSSR count). The van der Waals surface area contributed by atoms with Crippen molar-refractivity contribution >= 4 is 0 Å². The molecular weight excluding hydrogens is 731 g/mol. The highest BCUT2D eigenvalue weighted by Crippen LogP contribution is 2.43. The molecule has 5 heteroatoms. The predicted molar refractivity (Wildman–Crippen MR) is 241 cm³/mol. The first-order valence-electron chi connectivity index (χ1n) is 20.9. The Morgan fingerprint density at radius 2 is 0.400 bits per heavy atom. The first-order chi connectivity index (χ1) is 29.7. The Labute approximate surface area is 350 Å². The maximum atomic E-state index is 3.80. The van der Waals surface area contributed by atoms with Gasteiger partial charge in [-0.1, -0.05) is 152 Å². The van der Waals surface area contributed by atoms with Gasteiger partial charge in [0.1, 0.15) is 0 Å². The fraction of sp³-hybridized carbons (Fsp3) is 0.0909. The van der Waals surface area contributed by atoms with Gasteiger partial charge in [0.05, 0.1) is 23.7 Å². The SMILES string of the molecule is c1ccc(C2c3c[nH]c(c3)C(c3ccccc3)c3c[nH]c(c3)C(c3ccccc3)c3c[nH]c(c3)C(c3ccccc3)c3c[nH]c(c3)C(c3ccccc3)c3cc2c[nH]3)cc1. The predicted octanol–water partition coefficient (Wildman–Crippen LogP) is 12.5. The number of hydrogen-bond donors (Lipinski definition) is 5. The normalized spacial score (nSPS) is 18.8. The summed E-state index contributed by atoms with van der Waals surface area (Å²) < 4.78 is 0. The molecule has 5 aromatic heterocycles. The Kier molecular flexibility index (Phi) is 9.12. The van der Waals surface area contributed by atoms with E-state index in [1.807, 2.05) is 0 Å². The lowest BCUT2D eigenvalue weighted by atomic mass is 9.84. The van der Waals surface area contributed by atoms with Crippen LogP contribution in [0.15, 0.2) is 213 Å². The van der Waals surface area contributed by atoms with Crippen molar-refractivity contribution in [1.29, 1.82) is 0 Å². The first kappa shape index (κ1) is 35.6. The van der Waals surface area contributed by atoms with E-state index in [2.05, 4.69) is 238 Å². The van der Waals surface area contributed by atoms with Crippen LogP contribution in [0.1, 0.15) is 114 Å². The molecule has 10 bridgehead atoms. The zero-order chi connectivity index (χ0) is 39.8. The third kappa shape index (κ3) is 6.54. The molecule has 10 aromatic rings. The van der Waals surface area contributed by atoms with E-state index in [0.29, 0.717) is 0 Å². The van der Waals surface area contributed by atoms with Crippen molar-refractivity contribution < 1.29 is 0 Å². The van der Waals surface area contributed by atoms with Crippen molar-refractivity contribution in [1.82, 2.24) is 24.9 Å². The van der Waals surface area contributed by atoms with Crippen molar-refractivity contribution in [3.8, 4) is 0 Å². The monoisotopic (exact) mass is 775 g/mol. The highest BCUT2D eigenvalue weighted by atomic mass is 14.8. The van der Waals surface area contributed by atoms with E-state index >= 15 is 0 Å². The van der Waals surface area contributed by atoms with E-state index in [1.54, 1.807) is 0 Å². The highest BCUT2D eigenvalue weighted by molar-refractivity contribution is 5.53. The van der Waals surface area contributed by atoms with E-state index in [4.69, 9.17) is 0 Å². The summed E-state index contributed by atoms with van der Waals surface area (Å²) in [5, 5.41) is 0. The molecule has 5 unspecified atom stereocenters. The molecule has 5 N–H and O–H groups in total. The van der Waals surface area contributed by atoms with Gasteiger partial charge in [-0.3, -0.25) is 0 Å². The van der Waals surface area contributed by atoms with Gasteiger partial charge in [-0.15, -0.1) is 0 Å².